The van der Waals surface area contributed by atoms with Gasteiger partial charge in [0.15, 0.2) is 6.29 Å². The molecule has 0 aromatic carbocycles. The Kier molecular flexibility index (Phi) is 6.67. The van der Waals surface area contributed by atoms with Gasteiger partial charge in [-0.25, -0.2) is 4.68 Å². The number of thioether (sulfide) groups is 1. The molecule has 0 radical (unpaired) electrons. The van der Waals surface area contributed by atoms with E-state index in [2.05, 4.69) is 20.4 Å². The predicted octanol–water partition coefficient (Wildman–Crippen LogP) is -0.284. The molecule has 0 amide bonds. The summed E-state index contributed by atoms with van der Waals surface area (Å²) in [5, 5.41) is 12.5. The van der Waals surface area contributed by atoms with Crippen LogP contribution in [0.4, 0.5) is 0 Å². The highest BCUT2D eigenvalue weighted by atomic mass is 32.2. The average molecular weight is 303 g/mol. The van der Waals surface area contributed by atoms with Crippen LogP contribution in [0.15, 0.2) is 5.16 Å². The van der Waals surface area contributed by atoms with Crippen LogP contribution in [0.25, 0.3) is 0 Å². The Morgan fingerprint density at radius 1 is 1.30 bits per heavy atom. The second-order valence-electron chi connectivity index (χ2n) is 4.35. The van der Waals surface area contributed by atoms with Gasteiger partial charge in [0.2, 0.25) is 5.16 Å². The first-order chi connectivity index (χ1) is 9.83. The first kappa shape index (κ1) is 15.6. The lowest BCUT2D eigenvalue weighted by atomic mass is 10.4. The summed E-state index contributed by atoms with van der Waals surface area (Å²) in [5.74, 6) is 0.949. The molecule has 0 saturated carbocycles. The standard InChI is InChI=1S/C11H21N5O3S/c1-17-10(18-2)9-16-11(12-13-14-16)20-8-5-15-3-6-19-7-4-15/h10H,3-9H2,1-2H3. The highest BCUT2D eigenvalue weighted by Crippen LogP contribution is 2.14. The third kappa shape index (κ3) is 4.67. The number of tetrazole rings is 1. The second-order valence-corrected chi connectivity index (χ2v) is 5.41. The van der Waals surface area contributed by atoms with Crippen LogP contribution in [0.1, 0.15) is 0 Å². The molecule has 9 heteroatoms. The molecular weight excluding hydrogens is 282 g/mol. The minimum atomic E-state index is -0.336. The second kappa shape index (κ2) is 8.53. The first-order valence-electron chi connectivity index (χ1n) is 6.58. The van der Waals surface area contributed by atoms with E-state index in [1.165, 1.54) is 0 Å². The van der Waals surface area contributed by atoms with Crippen LogP contribution in [-0.4, -0.2) is 84.2 Å². The number of rotatable bonds is 8. The van der Waals surface area contributed by atoms with E-state index >= 15 is 0 Å². The Balaban J connectivity index is 1.76. The molecule has 1 aliphatic heterocycles. The van der Waals surface area contributed by atoms with Crippen molar-refractivity contribution in [2.45, 2.75) is 18.0 Å². The Hall–Kier alpha value is -0.740. The molecule has 2 rings (SSSR count). The minimum absolute atomic E-state index is 0.336. The van der Waals surface area contributed by atoms with Gasteiger partial charge in [0.1, 0.15) is 0 Å². The summed E-state index contributed by atoms with van der Waals surface area (Å²) in [6.07, 6.45) is -0.336. The maximum atomic E-state index is 5.33. The fraction of sp³-hybridized carbons (Fsp3) is 0.909. The number of ether oxygens (including phenoxy) is 3. The van der Waals surface area contributed by atoms with Crippen LogP contribution in [0.3, 0.4) is 0 Å². The maximum Gasteiger partial charge on any atom is 0.209 e. The summed E-state index contributed by atoms with van der Waals surface area (Å²) in [6, 6.07) is 0. The van der Waals surface area contributed by atoms with E-state index in [0.717, 1.165) is 43.8 Å². The van der Waals surface area contributed by atoms with Gasteiger partial charge in [0.05, 0.1) is 19.8 Å². The molecule has 1 aromatic rings. The molecule has 1 saturated heterocycles. The van der Waals surface area contributed by atoms with Crippen molar-refractivity contribution >= 4 is 11.8 Å². The Morgan fingerprint density at radius 2 is 2.05 bits per heavy atom. The van der Waals surface area contributed by atoms with Crippen molar-refractivity contribution in [3.05, 3.63) is 0 Å². The van der Waals surface area contributed by atoms with Crippen LogP contribution in [0.2, 0.25) is 0 Å². The summed E-state index contributed by atoms with van der Waals surface area (Å²) in [5.41, 5.74) is 0. The van der Waals surface area contributed by atoms with Gasteiger partial charge in [-0.3, -0.25) is 4.90 Å². The number of morpholine rings is 1. The largest absolute Gasteiger partial charge is 0.379 e. The molecule has 1 fully saturated rings. The quantitative estimate of drug-likeness (QED) is 0.479. The Morgan fingerprint density at radius 3 is 2.75 bits per heavy atom. The fourth-order valence-corrected chi connectivity index (χ4v) is 2.78. The predicted molar refractivity (Wildman–Crippen MR) is 73.6 cm³/mol. The van der Waals surface area contributed by atoms with Gasteiger partial charge in [-0.15, -0.1) is 5.10 Å². The monoisotopic (exact) mass is 303 g/mol. The van der Waals surface area contributed by atoms with Crippen molar-refractivity contribution < 1.29 is 14.2 Å². The maximum absolute atomic E-state index is 5.33. The van der Waals surface area contributed by atoms with Crippen LogP contribution in [-0.2, 0) is 20.8 Å². The minimum Gasteiger partial charge on any atom is -0.379 e. The van der Waals surface area contributed by atoms with Gasteiger partial charge < -0.3 is 14.2 Å². The fourth-order valence-electron chi connectivity index (χ4n) is 1.89. The summed E-state index contributed by atoms with van der Waals surface area (Å²) in [6.45, 7) is 5.15. The molecule has 0 atom stereocenters. The lowest BCUT2D eigenvalue weighted by Gasteiger charge is -2.26. The molecule has 0 aliphatic carbocycles. The lowest BCUT2D eigenvalue weighted by molar-refractivity contribution is -0.113. The summed E-state index contributed by atoms with van der Waals surface area (Å²) in [4.78, 5) is 2.39. The van der Waals surface area contributed by atoms with E-state index in [1.54, 1.807) is 30.7 Å². The number of methoxy groups -OCH3 is 2. The van der Waals surface area contributed by atoms with E-state index in [1.807, 2.05) is 0 Å². The van der Waals surface area contributed by atoms with Crippen LogP contribution in [0.5, 0.6) is 0 Å². The van der Waals surface area contributed by atoms with Gasteiger partial charge in [-0.1, -0.05) is 11.8 Å². The summed E-state index contributed by atoms with van der Waals surface area (Å²) >= 11 is 1.64. The van der Waals surface area contributed by atoms with Gasteiger partial charge in [-0.2, -0.15) is 0 Å². The number of hydrogen-bond donors (Lipinski definition) is 0. The SMILES string of the molecule is COC(Cn1nnnc1SCCN1CCOCC1)OC. The van der Waals surface area contributed by atoms with Crippen LogP contribution < -0.4 is 0 Å². The molecule has 2 heterocycles. The zero-order valence-electron chi connectivity index (χ0n) is 11.9. The molecule has 0 spiro atoms. The average Bonchev–Trinajstić information content (AvgIpc) is 2.93. The molecule has 20 heavy (non-hydrogen) atoms. The van der Waals surface area contributed by atoms with Crippen molar-refractivity contribution in [3.63, 3.8) is 0 Å². The molecule has 0 N–H and O–H groups in total. The smallest absolute Gasteiger partial charge is 0.209 e. The number of aromatic nitrogens is 4. The van der Waals surface area contributed by atoms with E-state index in [9.17, 15) is 0 Å². The third-order valence-electron chi connectivity index (χ3n) is 3.09. The van der Waals surface area contributed by atoms with Gasteiger partial charge >= 0.3 is 0 Å². The van der Waals surface area contributed by atoms with Gasteiger partial charge in [-0.05, 0) is 10.4 Å². The zero-order valence-corrected chi connectivity index (χ0v) is 12.7. The van der Waals surface area contributed by atoms with E-state index in [-0.39, 0.29) is 6.29 Å². The summed E-state index contributed by atoms with van der Waals surface area (Å²) in [7, 11) is 3.20. The molecule has 114 valence electrons. The van der Waals surface area contributed by atoms with Crippen LogP contribution >= 0.6 is 11.8 Å². The molecule has 8 nitrogen and oxygen atoms in total. The Labute approximate surface area is 122 Å². The van der Waals surface area contributed by atoms with Gasteiger partial charge in [0, 0.05) is 39.6 Å². The van der Waals surface area contributed by atoms with Crippen molar-refractivity contribution in [1.82, 2.24) is 25.1 Å². The number of nitrogens with zero attached hydrogens (tertiary/aromatic N) is 5. The zero-order chi connectivity index (χ0) is 14.2. The number of hydrogen-bond acceptors (Lipinski definition) is 8. The lowest BCUT2D eigenvalue weighted by Crippen LogP contribution is -2.37. The Bertz CT molecular complexity index is 382. The van der Waals surface area contributed by atoms with E-state index < -0.39 is 0 Å². The first-order valence-corrected chi connectivity index (χ1v) is 7.56. The molecule has 1 aliphatic rings. The van der Waals surface area contributed by atoms with E-state index in [0.29, 0.717) is 6.54 Å². The van der Waals surface area contributed by atoms with Gasteiger partial charge in [0.25, 0.3) is 0 Å². The molecule has 0 unspecified atom stereocenters. The highest BCUT2D eigenvalue weighted by Gasteiger charge is 2.14. The van der Waals surface area contributed by atoms with Crippen LogP contribution in [0, 0.1) is 0 Å². The molecule has 1 aromatic heterocycles. The third-order valence-corrected chi connectivity index (χ3v) is 4.03. The molecular formula is C11H21N5O3S. The van der Waals surface area contributed by atoms with E-state index in [4.69, 9.17) is 14.2 Å². The molecule has 0 bridgehead atoms. The highest BCUT2D eigenvalue weighted by molar-refractivity contribution is 7.99. The van der Waals surface area contributed by atoms with Crippen molar-refractivity contribution in [2.75, 3.05) is 52.8 Å². The summed E-state index contributed by atoms with van der Waals surface area (Å²) < 4.78 is 17.4. The topological polar surface area (TPSA) is 74.5 Å². The normalized spacial score (nSPS) is 16.9. The van der Waals surface area contributed by atoms with Crippen molar-refractivity contribution in [2.24, 2.45) is 0 Å². The van der Waals surface area contributed by atoms with Crippen molar-refractivity contribution in [1.29, 1.82) is 0 Å². The van der Waals surface area contributed by atoms with Crippen molar-refractivity contribution in [3.8, 4) is 0 Å².